The molecule has 3 aromatic rings. The van der Waals surface area contributed by atoms with Crippen LogP contribution in [0.4, 0.5) is 10.2 Å². The Morgan fingerprint density at radius 2 is 2.08 bits per heavy atom. The number of imidazole rings is 1. The van der Waals surface area contributed by atoms with Gasteiger partial charge in [0.25, 0.3) is 5.91 Å². The third-order valence-corrected chi connectivity index (χ3v) is 5.60. The Kier molecular flexibility index (Phi) is 2.87. The molecule has 2 aromatic heterocycles. The van der Waals surface area contributed by atoms with E-state index >= 15 is 0 Å². The fourth-order valence-electron chi connectivity index (χ4n) is 4.00. The Bertz CT molecular complexity index is 1020. The van der Waals surface area contributed by atoms with Crippen molar-refractivity contribution in [2.75, 3.05) is 18.8 Å². The van der Waals surface area contributed by atoms with Gasteiger partial charge in [0, 0.05) is 19.2 Å². The average Bonchev–Trinajstić information content (AvgIpc) is 3.14. The van der Waals surface area contributed by atoms with Gasteiger partial charge in [-0.1, -0.05) is 0 Å². The quantitative estimate of drug-likeness (QED) is 0.739. The zero-order chi connectivity index (χ0) is 17.2. The van der Waals surface area contributed by atoms with Gasteiger partial charge < -0.3 is 10.6 Å². The number of carbonyl (C=O) groups is 1. The summed E-state index contributed by atoms with van der Waals surface area (Å²) in [5.41, 5.74) is 7.98. The van der Waals surface area contributed by atoms with Crippen molar-refractivity contribution in [1.29, 1.82) is 0 Å². The van der Waals surface area contributed by atoms with E-state index in [2.05, 4.69) is 9.97 Å². The first-order valence-electron chi connectivity index (χ1n) is 8.56. The van der Waals surface area contributed by atoms with Crippen LogP contribution >= 0.6 is 0 Å². The maximum atomic E-state index is 14.6. The molecule has 6 nitrogen and oxygen atoms in total. The van der Waals surface area contributed by atoms with Gasteiger partial charge in [0.15, 0.2) is 0 Å². The molecule has 1 spiro atoms. The lowest BCUT2D eigenvalue weighted by Crippen LogP contribution is -2.41. The number of fused-ring (bicyclic) bond motifs is 3. The summed E-state index contributed by atoms with van der Waals surface area (Å²) in [5, 5.41) is 0. The van der Waals surface area contributed by atoms with Crippen LogP contribution in [0.15, 0.2) is 24.7 Å². The number of benzene rings is 1. The van der Waals surface area contributed by atoms with Gasteiger partial charge in [-0.2, -0.15) is 0 Å². The summed E-state index contributed by atoms with van der Waals surface area (Å²) >= 11 is 0. The molecular formula is C18H18FN5O. The van der Waals surface area contributed by atoms with Crippen molar-refractivity contribution in [2.45, 2.75) is 25.7 Å². The summed E-state index contributed by atoms with van der Waals surface area (Å²) in [6.45, 7) is 1.43. The Balaban J connectivity index is 1.62. The molecule has 7 heteroatoms. The molecule has 1 aliphatic heterocycles. The van der Waals surface area contributed by atoms with E-state index in [0.717, 1.165) is 13.0 Å². The molecule has 2 aliphatic rings. The van der Waals surface area contributed by atoms with Gasteiger partial charge >= 0.3 is 0 Å². The third-order valence-electron chi connectivity index (χ3n) is 5.60. The number of nitrogens with two attached hydrogens (primary N) is 1. The molecule has 3 heterocycles. The summed E-state index contributed by atoms with van der Waals surface area (Å²) in [7, 11) is 0. The lowest BCUT2D eigenvalue weighted by molar-refractivity contribution is 0.0650. The fourth-order valence-corrected chi connectivity index (χ4v) is 4.00. The van der Waals surface area contributed by atoms with Crippen molar-refractivity contribution in [2.24, 2.45) is 5.41 Å². The van der Waals surface area contributed by atoms with Gasteiger partial charge in [0.2, 0.25) is 0 Å². The molecule has 128 valence electrons. The van der Waals surface area contributed by atoms with Crippen LogP contribution in [-0.4, -0.2) is 38.3 Å². The van der Waals surface area contributed by atoms with Gasteiger partial charge in [-0.15, -0.1) is 0 Å². The molecule has 0 bridgehead atoms. The molecule has 0 unspecified atom stereocenters. The van der Waals surface area contributed by atoms with Crippen LogP contribution in [0.25, 0.3) is 16.6 Å². The maximum Gasteiger partial charge on any atom is 0.256 e. The third kappa shape index (κ3) is 2.18. The molecule has 1 saturated carbocycles. The molecule has 5 rings (SSSR count). The molecule has 1 saturated heterocycles. The van der Waals surface area contributed by atoms with Crippen molar-refractivity contribution in [3.63, 3.8) is 0 Å². The highest BCUT2D eigenvalue weighted by molar-refractivity contribution is 5.98. The summed E-state index contributed by atoms with van der Waals surface area (Å²) in [6, 6.07) is 2.86. The lowest BCUT2D eigenvalue weighted by Gasteiger charge is -2.33. The number of amides is 1. The normalized spacial score (nSPS) is 19.0. The van der Waals surface area contributed by atoms with Crippen molar-refractivity contribution >= 4 is 28.3 Å². The second kappa shape index (κ2) is 4.91. The minimum absolute atomic E-state index is 0.0896. The second-order valence-electron chi connectivity index (χ2n) is 7.30. The highest BCUT2D eigenvalue weighted by Gasteiger charge is 2.46. The maximum absolute atomic E-state index is 14.6. The largest absolute Gasteiger partial charge is 0.382 e. The number of carbonyl (C=O) groups excluding carboxylic acids is 1. The second-order valence-corrected chi connectivity index (χ2v) is 7.30. The molecular weight excluding hydrogens is 321 g/mol. The number of aromatic nitrogens is 3. The van der Waals surface area contributed by atoms with Gasteiger partial charge in [0.05, 0.1) is 29.1 Å². The molecule has 2 N–H and O–H groups in total. The zero-order valence-corrected chi connectivity index (χ0v) is 13.7. The van der Waals surface area contributed by atoms with E-state index in [1.807, 2.05) is 0 Å². The number of piperidine rings is 1. The Hall–Kier alpha value is -2.70. The zero-order valence-electron chi connectivity index (χ0n) is 13.7. The SMILES string of the molecule is Nc1nc2cc(F)c(C(=O)N3CCCC4(CC4)C3)cc2n2cncc12. The lowest BCUT2D eigenvalue weighted by atomic mass is 9.94. The number of nitrogens with zero attached hydrogens (tertiary/aromatic N) is 4. The van der Waals surface area contributed by atoms with Gasteiger partial charge in [0.1, 0.15) is 17.2 Å². The number of nitrogen functional groups attached to an aromatic ring is 1. The first-order chi connectivity index (χ1) is 12.1. The molecule has 1 aromatic carbocycles. The summed E-state index contributed by atoms with van der Waals surface area (Å²) in [4.78, 5) is 23.1. The molecule has 25 heavy (non-hydrogen) atoms. The van der Waals surface area contributed by atoms with Crippen LogP contribution in [0.5, 0.6) is 0 Å². The Morgan fingerprint density at radius 3 is 2.88 bits per heavy atom. The van der Waals surface area contributed by atoms with Crippen molar-refractivity contribution < 1.29 is 9.18 Å². The summed E-state index contributed by atoms with van der Waals surface area (Å²) in [6.07, 6.45) is 7.72. The van der Waals surface area contributed by atoms with E-state index in [9.17, 15) is 9.18 Å². The number of hydrogen-bond donors (Lipinski definition) is 1. The number of likely N-dealkylation sites (tertiary alicyclic amines) is 1. The average molecular weight is 339 g/mol. The molecule has 1 amide bonds. The minimum atomic E-state index is -0.556. The van der Waals surface area contributed by atoms with E-state index in [0.29, 0.717) is 28.5 Å². The van der Waals surface area contributed by atoms with Crippen molar-refractivity contribution in [3.05, 3.63) is 36.0 Å². The first kappa shape index (κ1) is 14.6. The van der Waals surface area contributed by atoms with Gasteiger partial charge in [-0.3, -0.25) is 9.20 Å². The predicted octanol–water partition coefficient (Wildman–Crippen LogP) is 2.62. The van der Waals surface area contributed by atoms with Crippen molar-refractivity contribution in [3.8, 4) is 0 Å². The van der Waals surface area contributed by atoms with Crippen LogP contribution in [0.3, 0.4) is 0 Å². The van der Waals surface area contributed by atoms with Crippen LogP contribution in [0.2, 0.25) is 0 Å². The van der Waals surface area contributed by atoms with E-state index < -0.39 is 5.82 Å². The highest BCUT2D eigenvalue weighted by atomic mass is 19.1. The first-order valence-corrected chi connectivity index (χ1v) is 8.56. The number of anilines is 1. The Labute approximate surface area is 143 Å². The molecule has 2 fully saturated rings. The van der Waals surface area contributed by atoms with Crippen LogP contribution in [0.1, 0.15) is 36.0 Å². The monoisotopic (exact) mass is 339 g/mol. The fraction of sp³-hybridized carbons (Fsp3) is 0.389. The van der Waals surface area contributed by atoms with Crippen LogP contribution < -0.4 is 5.73 Å². The summed E-state index contributed by atoms with van der Waals surface area (Å²) < 4.78 is 16.4. The van der Waals surface area contributed by atoms with E-state index in [4.69, 9.17) is 5.73 Å². The standard InChI is InChI=1S/C18H18FN5O/c19-12-7-13-14(24-10-21-8-15(24)16(20)22-13)6-11(12)17(25)23-5-1-2-18(9-23)3-4-18/h6-8,10H,1-5,9H2,(H2,20,22). The predicted molar refractivity (Wildman–Crippen MR) is 91.7 cm³/mol. The molecule has 0 radical (unpaired) electrons. The van der Waals surface area contributed by atoms with E-state index in [1.165, 1.54) is 25.3 Å². The van der Waals surface area contributed by atoms with Crippen LogP contribution in [-0.2, 0) is 0 Å². The van der Waals surface area contributed by atoms with Gasteiger partial charge in [-0.05, 0) is 37.2 Å². The van der Waals surface area contributed by atoms with Crippen molar-refractivity contribution in [1.82, 2.24) is 19.3 Å². The van der Waals surface area contributed by atoms with E-state index in [1.54, 1.807) is 27.9 Å². The molecule has 1 aliphatic carbocycles. The number of halogens is 1. The topological polar surface area (TPSA) is 76.5 Å². The smallest absolute Gasteiger partial charge is 0.256 e. The highest BCUT2D eigenvalue weighted by Crippen LogP contribution is 2.52. The number of hydrogen-bond acceptors (Lipinski definition) is 4. The number of rotatable bonds is 1. The summed E-state index contributed by atoms with van der Waals surface area (Å²) in [5.74, 6) is -0.509. The van der Waals surface area contributed by atoms with Crippen LogP contribution in [0, 0.1) is 11.2 Å². The Morgan fingerprint density at radius 1 is 1.24 bits per heavy atom. The molecule has 0 atom stereocenters. The van der Waals surface area contributed by atoms with E-state index in [-0.39, 0.29) is 17.3 Å². The minimum Gasteiger partial charge on any atom is -0.382 e. The van der Waals surface area contributed by atoms with Gasteiger partial charge in [-0.25, -0.2) is 14.4 Å².